The number of rotatable bonds is 2. The number of carbonyl (C=O) groups is 1. The van der Waals surface area contributed by atoms with Crippen LogP contribution in [0.3, 0.4) is 0 Å². The number of nitrogens with two attached hydrogens (primary N) is 1. The molecule has 18 heavy (non-hydrogen) atoms. The molecule has 1 heterocycles. The number of hydrogen-bond donors (Lipinski definition) is 1. The van der Waals surface area contributed by atoms with E-state index in [0.717, 1.165) is 10.5 Å². The summed E-state index contributed by atoms with van der Waals surface area (Å²) in [6.07, 6.45) is -4.09. The Morgan fingerprint density at radius 2 is 1.83 bits per heavy atom. The number of alkyl halides is 3. The van der Waals surface area contributed by atoms with Gasteiger partial charge in [0.2, 0.25) is 0 Å². The number of benzene rings is 1. The molecule has 3 nitrogen and oxygen atoms in total. The molecule has 0 spiro atoms. The van der Waals surface area contributed by atoms with Crippen molar-refractivity contribution >= 4 is 11.6 Å². The number of nitrogen functional groups attached to an aromatic ring is 1. The van der Waals surface area contributed by atoms with E-state index in [1.54, 1.807) is 12.1 Å². The van der Waals surface area contributed by atoms with E-state index in [4.69, 9.17) is 5.73 Å². The van der Waals surface area contributed by atoms with Crippen LogP contribution in [0.1, 0.15) is 5.56 Å². The molecule has 1 aromatic rings. The summed E-state index contributed by atoms with van der Waals surface area (Å²) >= 11 is 0. The lowest BCUT2D eigenvalue weighted by Gasteiger charge is -2.39. The first kappa shape index (κ1) is 12.7. The Bertz CT molecular complexity index is 436. The molecule has 2 N–H and O–H groups in total. The Labute approximate surface area is 102 Å². The molecule has 1 saturated heterocycles. The van der Waals surface area contributed by atoms with Crippen LogP contribution in [0.25, 0.3) is 0 Å². The molecule has 98 valence electrons. The van der Waals surface area contributed by atoms with E-state index in [-0.39, 0.29) is 19.0 Å². The van der Waals surface area contributed by atoms with Crippen LogP contribution in [0.2, 0.25) is 0 Å². The monoisotopic (exact) mass is 258 g/mol. The third-order valence-electron chi connectivity index (χ3n) is 2.99. The Balaban J connectivity index is 1.83. The minimum Gasteiger partial charge on any atom is -0.399 e. The van der Waals surface area contributed by atoms with Crippen molar-refractivity contribution in [2.75, 3.05) is 18.8 Å². The summed E-state index contributed by atoms with van der Waals surface area (Å²) in [5.74, 6) is -1.64. The zero-order chi connectivity index (χ0) is 13.3. The fourth-order valence-corrected chi connectivity index (χ4v) is 2.03. The fourth-order valence-electron chi connectivity index (χ4n) is 2.03. The van der Waals surface area contributed by atoms with Gasteiger partial charge in [0.15, 0.2) is 0 Å². The molecule has 1 fully saturated rings. The summed E-state index contributed by atoms with van der Waals surface area (Å²) in [7, 11) is 0. The van der Waals surface area contributed by atoms with Gasteiger partial charge in [-0.05, 0) is 30.0 Å². The second-order valence-electron chi connectivity index (χ2n) is 4.52. The largest absolute Gasteiger partial charge is 0.471 e. The summed E-state index contributed by atoms with van der Waals surface area (Å²) in [4.78, 5) is 11.7. The zero-order valence-electron chi connectivity index (χ0n) is 9.57. The van der Waals surface area contributed by atoms with E-state index in [1.165, 1.54) is 0 Å². The van der Waals surface area contributed by atoms with Gasteiger partial charge in [-0.2, -0.15) is 13.2 Å². The van der Waals surface area contributed by atoms with Crippen molar-refractivity contribution in [3.8, 4) is 0 Å². The molecule has 0 aromatic heterocycles. The van der Waals surface area contributed by atoms with Gasteiger partial charge in [0.1, 0.15) is 0 Å². The van der Waals surface area contributed by atoms with Crippen LogP contribution in [0.5, 0.6) is 0 Å². The van der Waals surface area contributed by atoms with E-state index in [9.17, 15) is 18.0 Å². The molecule has 1 amide bonds. The highest BCUT2D eigenvalue weighted by Crippen LogP contribution is 2.26. The highest BCUT2D eigenvalue weighted by atomic mass is 19.4. The van der Waals surface area contributed by atoms with E-state index in [0.29, 0.717) is 12.1 Å². The van der Waals surface area contributed by atoms with Crippen LogP contribution in [-0.2, 0) is 11.2 Å². The lowest BCUT2D eigenvalue weighted by molar-refractivity contribution is -0.191. The van der Waals surface area contributed by atoms with Gasteiger partial charge in [-0.3, -0.25) is 4.79 Å². The van der Waals surface area contributed by atoms with Crippen LogP contribution in [-0.4, -0.2) is 30.1 Å². The second-order valence-corrected chi connectivity index (χ2v) is 4.52. The number of halogens is 3. The number of carbonyl (C=O) groups excluding carboxylic acids is 1. The van der Waals surface area contributed by atoms with Crippen LogP contribution >= 0.6 is 0 Å². The van der Waals surface area contributed by atoms with Crippen molar-refractivity contribution in [3.63, 3.8) is 0 Å². The first-order valence-electron chi connectivity index (χ1n) is 5.57. The van der Waals surface area contributed by atoms with Crippen LogP contribution < -0.4 is 5.73 Å². The highest BCUT2D eigenvalue weighted by Gasteiger charge is 2.46. The molecule has 1 aromatic carbocycles. The molecular weight excluding hydrogens is 245 g/mol. The van der Waals surface area contributed by atoms with Crippen molar-refractivity contribution in [2.24, 2.45) is 5.92 Å². The maximum atomic E-state index is 12.1. The summed E-state index contributed by atoms with van der Waals surface area (Å²) in [6, 6.07) is 7.21. The molecule has 0 saturated carbocycles. The first-order valence-corrected chi connectivity index (χ1v) is 5.57. The van der Waals surface area contributed by atoms with Gasteiger partial charge in [-0.25, -0.2) is 0 Å². The molecule has 0 bridgehead atoms. The van der Waals surface area contributed by atoms with Crippen molar-refractivity contribution in [3.05, 3.63) is 29.8 Å². The second kappa shape index (κ2) is 4.51. The Morgan fingerprint density at radius 1 is 1.28 bits per heavy atom. The molecule has 0 radical (unpaired) electrons. The van der Waals surface area contributed by atoms with Gasteiger partial charge in [0.05, 0.1) is 0 Å². The number of likely N-dealkylation sites (tertiary alicyclic amines) is 1. The predicted octanol–water partition coefficient (Wildman–Crippen LogP) is 1.83. The number of hydrogen-bond acceptors (Lipinski definition) is 2. The Morgan fingerprint density at radius 3 is 2.33 bits per heavy atom. The fraction of sp³-hybridized carbons (Fsp3) is 0.417. The zero-order valence-corrected chi connectivity index (χ0v) is 9.57. The summed E-state index contributed by atoms with van der Waals surface area (Å²) in [5.41, 5.74) is 7.21. The van der Waals surface area contributed by atoms with Crippen molar-refractivity contribution < 1.29 is 18.0 Å². The highest BCUT2D eigenvalue weighted by molar-refractivity contribution is 5.82. The van der Waals surface area contributed by atoms with Crippen molar-refractivity contribution in [2.45, 2.75) is 12.6 Å². The third-order valence-corrected chi connectivity index (χ3v) is 2.99. The van der Waals surface area contributed by atoms with Gasteiger partial charge >= 0.3 is 12.1 Å². The van der Waals surface area contributed by atoms with Crippen molar-refractivity contribution in [1.29, 1.82) is 0 Å². The maximum Gasteiger partial charge on any atom is 0.471 e. The molecule has 0 unspecified atom stereocenters. The van der Waals surface area contributed by atoms with Crippen LogP contribution in [0.4, 0.5) is 18.9 Å². The van der Waals surface area contributed by atoms with Gasteiger partial charge in [0.25, 0.3) is 0 Å². The molecular formula is C12H13F3N2O. The van der Waals surface area contributed by atoms with E-state index < -0.39 is 12.1 Å². The molecule has 1 aliphatic rings. The van der Waals surface area contributed by atoms with Crippen molar-refractivity contribution in [1.82, 2.24) is 4.90 Å². The Kier molecular flexibility index (Phi) is 3.19. The maximum absolute atomic E-state index is 12.1. The number of anilines is 1. The average molecular weight is 258 g/mol. The summed E-state index contributed by atoms with van der Waals surface area (Å²) in [6.45, 7) is 0.339. The van der Waals surface area contributed by atoms with E-state index in [1.807, 2.05) is 12.1 Å². The van der Waals surface area contributed by atoms with Gasteiger partial charge in [0, 0.05) is 18.8 Å². The quantitative estimate of drug-likeness (QED) is 0.823. The smallest absolute Gasteiger partial charge is 0.399 e. The van der Waals surface area contributed by atoms with Crippen LogP contribution in [0, 0.1) is 5.92 Å². The SMILES string of the molecule is Nc1ccc(CC2CN(C(=O)C(F)(F)F)C2)cc1. The van der Waals surface area contributed by atoms with E-state index >= 15 is 0 Å². The van der Waals surface area contributed by atoms with E-state index in [2.05, 4.69) is 0 Å². The summed E-state index contributed by atoms with van der Waals surface area (Å²) in [5, 5.41) is 0. The minimum absolute atomic E-state index is 0.0972. The molecule has 6 heteroatoms. The van der Waals surface area contributed by atoms with Gasteiger partial charge < -0.3 is 10.6 Å². The lowest BCUT2D eigenvalue weighted by atomic mass is 9.92. The first-order chi connectivity index (χ1) is 8.36. The van der Waals surface area contributed by atoms with Gasteiger partial charge in [-0.15, -0.1) is 0 Å². The molecule has 2 rings (SSSR count). The predicted molar refractivity (Wildman–Crippen MR) is 60.7 cm³/mol. The minimum atomic E-state index is -4.76. The topological polar surface area (TPSA) is 46.3 Å². The lowest BCUT2D eigenvalue weighted by Crippen LogP contribution is -2.54. The normalized spacial score (nSPS) is 16.5. The average Bonchev–Trinajstić information content (AvgIpc) is 2.23. The Hall–Kier alpha value is -1.72. The number of nitrogens with zero attached hydrogens (tertiary/aromatic N) is 1. The molecule has 0 atom stereocenters. The number of amides is 1. The van der Waals surface area contributed by atoms with Gasteiger partial charge in [-0.1, -0.05) is 12.1 Å². The summed E-state index contributed by atoms with van der Waals surface area (Å²) < 4.78 is 36.3. The van der Waals surface area contributed by atoms with Crippen LogP contribution in [0.15, 0.2) is 24.3 Å². The molecule has 1 aliphatic heterocycles. The standard InChI is InChI=1S/C12H13F3N2O/c13-12(14,15)11(18)17-6-9(7-17)5-8-1-3-10(16)4-2-8/h1-4,9H,5-7,16H2. The molecule has 0 aliphatic carbocycles. The third kappa shape index (κ3) is 2.75.